The van der Waals surface area contributed by atoms with Gasteiger partial charge in [0, 0.05) is 12.0 Å². The second-order valence-electron chi connectivity index (χ2n) is 6.55. The molecule has 0 aromatic heterocycles. The highest BCUT2D eigenvalue weighted by Crippen LogP contribution is 2.29. The average molecular weight is 352 g/mol. The van der Waals surface area contributed by atoms with Crippen LogP contribution in [0.4, 0.5) is 0 Å². The number of carbonyl (C=O) groups excluding carboxylic acids is 1. The minimum Gasteiger partial charge on any atom is -0.497 e. The lowest BCUT2D eigenvalue weighted by Gasteiger charge is -2.11. The van der Waals surface area contributed by atoms with Crippen LogP contribution in [-0.4, -0.2) is 12.9 Å². The van der Waals surface area contributed by atoms with Crippen LogP contribution in [0.3, 0.4) is 0 Å². The van der Waals surface area contributed by atoms with Crippen molar-refractivity contribution in [3.63, 3.8) is 0 Å². The van der Waals surface area contributed by atoms with E-state index in [4.69, 9.17) is 4.74 Å². The molecule has 0 aliphatic heterocycles. The number of fused-ring (bicyclic) bond motifs is 1. The third kappa shape index (κ3) is 3.61. The summed E-state index contributed by atoms with van der Waals surface area (Å²) in [6, 6.07) is 30.0. The molecule has 0 N–H and O–H groups in total. The predicted molar refractivity (Wildman–Crippen MR) is 110 cm³/mol. The number of rotatable bonds is 5. The van der Waals surface area contributed by atoms with Gasteiger partial charge in [-0.25, -0.2) is 0 Å². The van der Waals surface area contributed by atoms with Gasteiger partial charge in [0.2, 0.25) is 0 Å². The summed E-state index contributed by atoms with van der Waals surface area (Å²) in [7, 11) is 1.67. The van der Waals surface area contributed by atoms with Crippen LogP contribution in [0, 0.1) is 0 Å². The van der Waals surface area contributed by atoms with Crippen molar-refractivity contribution < 1.29 is 9.53 Å². The van der Waals surface area contributed by atoms with Crippen molar-refractivity contribution in [2.24, 2.45) is 0 Å². The number of carbonyl (C=O) groups is 1. The number of hydrogen-bond donors (Lipinski definition) is 0. The van der Waals surface area contributed by atoms with E-state index in [1.165, 1.54) is 0 Å². The quantitative estimate of drug-likeness (QED) is 0.415. The topological polar surface area (TPSA) is 26.3 Å². The normalized spacial score (nSPS) is 10.7. The number of methoxy groups -OCH3 is 1. The number of benzene rings is 4. The van der Waals surface area contributed by atoms with Crippen LogP contribution >= 0.6 is 0 Å². The maximum Gasteiger partial charge on any atom is 0.167 e. The Morgan fingerprint density at radius 3 is 2.22 bits per heavy atom. The van der Waals surface area contributed by atoms with Crippen molar-refractivity contribution in [2.45, 2.75) is 6.42 Å². The molecule has 0 heterocycles. The highest BCUT2D eigenvalue weighted by atomic mass is 16.5. The summed E-state index contributed by atoms with van der Waals surface area (Å²) in [6.07, 6.45) is 0.383. The van der Waals surface area contributed by atoms with Gasteiger partial charge in [-0.15, -0.1) is 0 Å². The van der Waals surface area contributed by atoms with Crippen LogP contribution in [0.15, 0.2) is 91.0 Å². The largest absolute Gasteiger partial charge is 0.497 e. The highest BCUT2D eigenvalue weighted by molar-refractivity contribution is 6.01. The lowest BCUT2D eigenvalue weighted by atomic mass is 9.93. The minimum absolute atomic E-state index is 0.132. The Balaban J connectivity index is 1.77. The van der Waals surface area contributed by atoms with Crippen molar-refractivity contribution in [3.05, 3.63) is 102 Å². The van der Waals surface area contributed by atoms with Crippen molar-refractivity contribution in [1.29, 1.82) is 0 Å². The van der Waals surface area contributed by atoms with Crippen LogP contribution in [0.2, 0.25) is 0 Å². The molecule has 4 rings (SSSR count). The molecule has 0 atom stereocenters. The third-order valence-corrected chi connectivity index (χ3v) is 4.82. The molecule has 0 saturated carbocycles. The summed E-state index contributed by atoms with van der Waals surface area (Å²) in [6.45, 7) is 0. The van der Waals surface area contributed by atoms with Gasteiger partial charge < -0.3 is 4.74 Å². The zero-order valence-electron chi connectivity index (χ0n) is 15.2. The molecule has 2 nitrogen and oxygen atoms in total. The first kappa shape index (κ1) is 17.0. The van der Waals surface area contributed by atoms with Crippen molar-refractivity contribution in [2.75, 3.05) is 7.11 Å². The van der Waals surface area contributed by atoms with Gasteiger partial charge in [0.15, 0.2) is 5.78 Å². The van der Waals surface area contributed by atoms with Gasteiger partial charge in [0.25, 0.3) is 0 Å². The Morgan fingerprint density at radius 1 is 0.778 bits per heavy atom. The molecule has 0 bridgehead atoms. The van der Waals surface area contributed by atoms with E-state index in [-0.39, 0.29) is 5.78 Å². The monoisotopic (exact) mass is 352 g/mol. The van der Waals surface area contributed by atoms with Crippen LogP contribution in [0.25, 0.3) is 21.9 Å². The lowest BCUT2D eigenvalue weighted by Crippen LogP contribution is -2.04. The molecule has 0 amide bonds. The first-order chi connectivity index (χ1) is 13.2. The number of ketones is 1. The predicted octanol–water partition coefficient (Wildman–Crippen LogP) is 5.94. The Labute approximate surface area is 159 Å². The van der Waals surface area contributed by atoms with Crippen molar-refractivity contribution in [3.8, 4) is 16.9 Å². The van der Waals surface area contributed by atoms with E-state index in [0.717, 1.165) is 38.8 Å². The Morgan fingerprint density at radius 2 is 1.48 bits per heavy atom. The molecule has 0 saturated heterocycles. The summed E-state index contributed by atoms with van der Waals surface area (Å²) in [5, 5.41) is 2.26. The van der Waals surface area contributed by atoms with Crippen LogP contribution in [0.1, 0.15) is 15.9 Å². The van der Waals surface area contributed by atoms with Crippen LogP contribution in [-0.2, 0) is 6.42 Å². The molecular formula is C25H20O2. The lowest BCUT2D eigenvalue weighted by molar-refractivity contribution is 0.0993. The second-order valence-corrected chi connectivity index (χ2v) is 6.55. The van der Waals surface area contributed by atoms with Gasteiger partial charge in [-0.2, -0.15) is 0 Å². The standard InChI is InChI=1S/C25H20O2/c1-27-23-13-11-18(12-14-23)21-15-20-9-5-6-10-24(20)22(16-21)17-25(26)19-7-3-2-4-8-19/h2-16H,17H2,1H3. The van der Waals surface area contributed by atoms with E-state index in [0.29, 0.717) is 6.42 Å². The number of hydrogen-bond acceptors (Lipinski definition) is 2. The van der Waals surface area contributed by atoms with Gasteiger partial charge >= 0.3 is 0 Å². The van der Waals surface area contributed by atoms with Crippen LogP contribution in [0.5, 0.6) is 5.75 Å². The fourth-order valence-electron chi connectivity index (χ4n) is 3.39. The summed E-state index contributed by atoms with van der Waals surface area (Å²) in [5.41, 5.74) is 4.01. The SMILES string of the molecule is COc1ccc(-c2cc(CC(=O)c3ccccc3)c3ccccc3c2)cc1. The van der Waals surface area contributed by atoms with Crippen LogP contribution < -0.4 is 4.74 Å². The smallest absolute Gasteiger partial charge is 0.167 e. The Kier molecular flexibility index (Phi) is 4.71. The van der Waals surface area contributed by atoms with E-state index in [2.05, 4.69) is 24.3 Å². The maximum atomic E-state index is 12.8. The van der Waals surface area contributed by atoms with E-state index < -0.39 is 0 Å². The zero-order chi connectivity index (χ0) is 18.6. The molecule has 0 radical (unpaired) electrons. The molecule has 132 valence electrons. The molecule has 0 spiro atoms. The fraction of sp³-hybridized carbons (Fsp3) is 0.0800. The molecule has 0 fully saturated rings. The van der Waals surface area contributed by atoms with Gasteiger partial charge in [0.1, 0.15) is 5.75 Å². The minimum atomic E-state index is 0.132. The third-order valence-electron chi connectivity index (χ3n) is 4.82. The maximum absolute atomic E-state index is 12.8. The van der Waals surface area contributed by atoms with E-state index >= 15 is 0 Å². The average Bonchev–Trinajstić information content (AvgIpc) is 2.74. The first-order valence-electron chi connectivity index (χ1n) is 8.99. The Bertz CT molecular complexity index is 1080. The van der Waals surface area contributed by atoms with Gasteiger partial charge in [-0.05, 0) is 45.7 Å². The molecule has 0 unspecified atom stereocenters. The summed E-state index contributed by atoms with van der Waals surface area (Å²) < 4.78 is 5.26. The van der Waals surface area contributed by atoms with Crippen molar-refractivity contribution in [1.82, 2.24) is 0 Å². The van der Waals surface area contributed by atoms with Gasteiger partial charge in [-0.3, -0.25) is 4.79 Å². The number of Topliss-reactive ketones (excluding diaryl/α,β-unsaturated/α-hetero) is 1. The molecule has 4 aromatic rings. The second kappa shape index (κ2) is 7.46. The molecule has 2 heteroatoms. The zero-order valence-corrected chi connectivity index (χ0v) is 15.2. The van der Waals surface area contributed by atoms with E-state index in [1.54, 1.807) is 7.11 Å². The van der Waals surface area contributed by atoms with E-state index in [1.807, 2.05) is 66.7 Å². The number of ether oxygens (including phenoxy) is 1. The summed E-state index contributed by atoms with van der Waals surface area (Å²) in [4.78, 5) is 12.8. The molecule has 4 aromatic carbocycles. The first-order valence-corrected chi connectivity index (χ1v) is 8.99. The summed E-state index contributed by atoms with van der Waals surface area (Å²) >= 11 is 0. The molecular weight excluding hydrogens is 332 g/mol. The van der Waals surface area contributed by atoms with E-state index in [9.17, 15) is 4.79 Å². The molecule has 0 aliphatic carbocycles. The molecule has 27 heavy (non-hydrogen) atoms. The van der Waals surface area contributed by atoms with Gasteiger partial charge in [-0.1, -0.05) is 72.8 Å². The molecule has 0 aliphatic rings. The van der Waals surface area contributed by atoms with Crippen molar-refractivity contribution >= 4 is 16.6 Å². The highest BCUT2D eigenvalue weighted by Gasteiger charge is 2.11. The summed E-state index contributed by atoms with van der Waals surface area (Å²) in [5.74, 6) is 0.964. The van der Waals surface area contributed by atoms with Gasteiger partial charge in [0.05, 0.1) is 7.11 Å². The Hall–Kier alpha value is -3.39. The fourth-order valence-corrected chi connectivity index (χ4v) is 3.39.